The van der Waals surface area contributed by atoms with Crippen LogP contribution in [0.3, 0.4) is 0 Å². The predicted molar refractivity (Wildman–Crippen MR) is 86.9 cm³/mol. The summed E-state index contributed by atoms with van der Waals surface area (Å²) in [5.74, 6) is 0.401. The van der Waals surface area contributed by atoms with Crippen molar-refractivity contribution in [2.24, 2.45) is 5.14 Å². The Bertz CT molecular complexity index is 789. The van der Waals surface area contributed by atoms with Crippen LogP contribution in [0.1, 0.15) is 10.9 Å². The zero-order valence-electron chi connectivity index (χ0n) is 11.5. The van der Waals surface area contributed by atoms with E-state index < -0.39 is 10.0 Å². The van der Waals surface area contributed by atoms with E-state index in [9.17, 15) is 13.2 Å². The van der Waals surface area contributed by atoms with Crippen molar-refractivity contribution in [3.8, 4) is 0 Å². The van der Waals surface area contributed by atoms with Crippen LogP contribution in [0.4, 0.5) is 5.69 Å². The van der Waals surface area contributed by atoms with E-state index in [1.807, 2.05) is 30.3 Å². The van der Waals surface area contributed by atoms with Crippen molar-refractivity contribution in [2.75, 3.05) is 10.7 Å². The average Bonchev–Trinajstić information content (AvgIpc) is 2.89. The Morgan fingerprint density at radius 2 is 1.68 bits per heavy atom. The zero-order chi connectivity index (χ0) is 15.7. The summed E-state index contributed by atoms with van der Waals surface area (Å²) < 4.78 is 22.6. The van der Waals surface area contributed by atoms with Crippen LogP contribution in [0.5, 0.6) is 0 Å². The molecule has 2 aromatic carbocycles. The molecule has 0 bridgehead atoms. The first kappa shape index (κ1) is 15.1. The molecule has 0 aromatic heterocycles. The molecule has 3 rings (SSSR count). The van der Waals surface area contributed by atoms with E-state index in [4.69, 9.17) is 5.14 Å². The van der Waals surface area contributed by atoms with E-state index in [1.165, 1.54) is 12.1 Å². The molecule has 1 heterocycles. The van der Waals surface area contributed by atoms with Crippen LogP contribution < -0.4 is 10.0 Å². The molecule has 7 heteroatoms. The Balaban J connectivity index is 1.96. The fourth-order valence-electron chi connectivity index (χ4n) is 2.36. The number of benzene rings is 2. The molecule has 5 nitrogen and oxygen atoms in total. The van der Waals surface area contributed by atoms with Gasteiger partial charge in [0.15, 0.2) is 0 Å². The second-order valence-corrected chi connectivity index (χ2v) is 7.51. The number of carbonyl (C=O) groups is 1. The Morgan fingerprint density at radius 3 is 2.27 bits per heavy atom. The average molecular weight is 334 g/mol. The number of nitrogens with zero attached hydrogens (tertiary/aromatic N) is 1. The van der Waals surface area contributed by atoms with Gasteiger partial charge in [0, 0.05) is 5.69 Å². The molecular formula is C15H14N2O3S2. The molecule has 1 amide bonds. The van der Waals surface area contributed by atoms with Crippen LogP contribution >= 0.6 is 11.8 Å². The minimum absolute atomic E-state index is 0.00205. The molecule has 0 spiro atoms. The standard InChI is InChI=1S/C15H14N2O3S2/c16-22(19,20)13-8-6-12(7-9-13)17-14(18)10-21-15(17)11-4-2-1-3-5-11/h1-9,15H,10H2,(H2,16,19,20). The van der Waals surface area contributed by atoms with Gasteiger partial charge < -0.3 is 0 Å². The molecule has 1 unspecified atom stereocenters. The monoisotopic (exact) mass is 334 g/mol. The van der Waals surface area contributed by atoms with Gasteiger partial charge in [-0.2, -0.15) is 0 Å². The maximum Gasteiger partial charge on any atom is 0.238 e. The van der Waals surface area contributed by atoms with Gasteiger partial charge in [0.05, 0.1) is 10.6 Å². The Morgan fingerprint density at radius 1 is 1.05 bits per heavy atom. The van der Waals surface area contributed by atoms with Gasteiger partial charge in [-0.3, -0.25) is 9.69 Å². The number of anilines is 1. The van der Waals surface area contributed by atoms with Crippen LogP contribution in [0.2, 0.25) is 0 Å². The normalized spacial score (nSPS) is 18.7. The first-order chi connectivity index (χ1) is 10.5. The molecule has 2 aromatic rings. The molecule has 1 aliphatic heterocycles. The SMILES string of the molecule is NS(=O)(=O)c1ccc(N2C(=O)CSC2c2ccccc2)cc1. The maximum absolute atomic E-state index is 12.2. The predicted octanol–water partition coefficient (Wildman–Crippen LogP) is 2.11. The summed E-state index contributed by atoms with van der Waals surface area (Å²) in [7, 11) is -3.73. The van der Waals surface area contributed by atoms with Gasteiger partial charge in [-0.1, -0.05) is 30.3 Å². The van der Waals surface area contributed by atoms with Crippen molar-refractivity contribution in [1.82, 2.24) is 0 Å². The number of hydrogen-bond acceptors (Lipinski definition) is 4. The molecule has 0 aliphatic carbocycles. The van der Waals surface area contributed by atoms with Gasteiger partial charge in [-0.25, -0.2) is 13.6 Å². The Labute approximate surface area is 133 Å². The molecule has 1 fully saturated rings. The topological polar surface area (TPSA) is 80.5 Å². The van der Waals surface area contributed by atoms with E-state index in [2.05, 4.69) is 0 Å². The number of amides is 1. The summed E-state index contributed by atoms with van der Waals surface area (Å²) in [6.07, 6.45) is 0. The molecule has 1 atom stereocenters. The molecule has 22 heavy (non-hydrogen) atoms. The number of sulfonamides is 1. The molecule has 114 valence electrons. The number of rotatable bonds is 3. The number of carbonyl (C=O) groups excluding carboxylic acids is 1. The molecule has 1 saturated heterocycles. The van der Waals surface area contributed by atoms with Gasteiger partial charge in [0.1, 0.15) is 5.37 Å². The van der Waals surface area contributed by atoms with Crippen LogP contribution in [0, 0.1) is 0 Å². The Hall–Kier alpha value is -1.83. The number of thioether (sulfide) groups is 1. The lowest BCUT2D eigenvalue weighted by molar-refractivity contribution is -0.115. The minimum atomic E-state index is -3.73. The highest BCUT2D eigenvalue weighted by atomic mass is 32.2. The maximum atomic E-state index is 12.2. The second kappa shape index (κ2) is 5.75. The van der Waals surface area contributed by atoms with E-state index in [1.54, 1.807) is 28.8 Å². The lowest BCUT2D eigenvalue weighted by atomic mass is 10.2. The van der Waals surface area contributed by atoms with Crippen molar-refractivity contribution in [3.05, 3.63) is 60.2 Å². The lowest BCUT2D eigenvalue weighted by Crippen LogP contribution is -2.27. The fraction of sp³-hybridized carbons (Fsp3) is 0.133. The summed E-state index contributed by atoms with van der Waals surface area (Å²) in [6, 6.07) is 15.8. The van der Waals surface area contributed by atoms with Crippen molar-refractivity contribution in [3.63, 3.8) is 0 Å². The number of primary sulfonamides is 1. The number of nitrogens with two attached hydrogens (primary N) is 1. The molecule has 1 aliphatic rings. The Kier molecular flexibility index (Phi) is 3.94. The summed E-state index contributed by atoms with van der Waals surface area (Å²) in [5.41, 5.74) is 1.70. The first-order valence-corrected chi connectivity index (χ1v) is 9.18. The highest BCUT2D eigenvalue weighted by Crippen LogP contribution is 2.41. The first-order valence-electron chi connectivity index (χ1n) is 6.58. The van der Waals surface area contributed by atoms with E-state index in [0.717, 1.165) is 5.56 Å². The van der Waals surface area contributed by atoms with Gasteiger partial charge in [0.25, 0.3) is 0 Å². The summed E-state index contributed by atoms with van der Waals surface area (Å²) in [4.78, 5) is 13.9. The van der Waals surface area contributed by atoms with Gasteiger partial charge in [-0.15, -0.1) is 11.8 Å². The third-order valence-electron chi connectivity index (χ3n) is 3.40. The fourth-order valence-corrected chi connectivity index (χ4v) is 4.06. The van der Waals surface area contributed by atoms with Crippen LogP contribution in [-0.4, -0.2) is 20.1 Å². The van der Waals surface area contributed by atoms with E-state index in [0.29, 0.717) is 11.4 Å². The third kappa shape index (κ3) is 2.87. The van der Waals surface area contributed by atoms with E-state index >= 15 is 0 Å². The largest absolute Gasteiger partial charge is 0.295 e. The highest BCUT2D eigenvalue weighted by Gasteiger charge is 2.33. The minimum Gasteiger partial charge on any atom is -0.295 e. The van der Waals surface area contributed by atoms with Crippen LogP contribution in [0.15, 0.2) is 59.5 Å². The lowest BCUT2D eigenvalue weighted by Gasteiger charge is -2.24. The van der Waals surface area contributed by atoms with Crippen molar-refractivity contribution in [1.29, 1.82) is 0 Å². The highest BCUT2D eigenvalue weighted by molar-refractivity contribution is 8.00. The number of hydrogen-bond donors (Lipinski definition) is 1. The summed E-state index contributed by atoms with van der Waals surface area (Å²) in [6.45, 7) is 0. The molecule has 0 radical (unpaired) electrons. The van der Waals surface area contributed by atoms with E-state index in [-0.39, 0.29) is 16.2 Å². The van der Waals surface area contributed by atoms with Gasteiger partial charge in [-0.05, 0) is 29.8 Å². The van der Waals surface area contributed by atoms with Crippen molar-refractivity contribution in [2.45, 2.75) is 10.3 Å². The molecule has 0 saturated carbocycles. The zero-order valence-corrected chi connectivity index (χ0v) is 13.2. The van der Waals surface area contributed by atoms with Crippen LogP contribution in [-0.2, 0) is 14.8 Å². The van der Waals surface area contributed by atoms with Crippen molar-refractivity contribution >= 4 is 33.4 Å². The second-order valence-electron chi connectivity index (χ2n) is 4.88. The smallest absolute Gasteiger partial charge is 0.238 e. The molecule has 2 N–H and O–H groups in total. The van der Waals surface area contributed by atoms with Crippen LogP contribution in [0.25, 0.3) is 0 Å². The summed E-state index contributed by atoms with van der Waals surface area (Å²) in [5, 5.41) is 4.99. The quantitative estimate of drug-likeness (QED) is 0.932. The van der Waals surface area contributed by atoms with Gasteiger partial charge in [0.2, 0.25) is 15.9 Å². The third-order valence-corrected chi connectivity index (χ3v) is 5.54. The summed E-state index contributed by atoms with van der Waals surface area (Å²) >= 11 is 1.55. The molecular weight excluding hydrogens is 320 g/mol. The van der Waals surface area contributed by atoms with Gasteiger partial charge >= 0.3 is 0 Å². The van der Waals surface area contributed by atoms with Crippen molar-refractivity contribution < 1.29 is 13.2 Å².